The van der Waals surface area contributed by atoms with Gasteiger partial charge in [0.15, 0.2) is 11.0 Å². The van der Waals surface area contributed by atoms with Crippen molar-refractivity contribution < 1.29 is 4.74 Å². The number of aromatic nitrogens is 3. The fourth-order valence-corrected chi connectivity index (χ4v) is 4.25. The number of likely N-dealkylation sites (tertiary alicyclic amines) is 1. The van der Waals surface area contributed by atoms with Crippen LogP contribution in [0.25, 0.3) is 11.4 Å². The molecule has 0 aliphatic carbocycles. The molecule has 0 spiro atoms. The van der Waals surface area contributed by atoms with Crippen LogP contribution in [-0.2, 0) is 7.05 Å². The minimum Gasteiger partial charge on any atom is -0.496 e. The Morgan fingerprint density at radius 2 is 2.04 bits per heavy atom. The Morgan fingerprint density at radius 1 is 1.21 bits per heavy atom. The highest BCUT2D eigenvalue weighted by Gasteiger charge is 2.19. The standard InChI is InChI=1S/C18H26N4OS/c1-21-12-7-6-8-14(21)11-13-24-18-20-19-17(22(18)2)15-9-4-5-10-16(15)23-3/h4-5,9-10,14H,6-8,11-13H2,1-3H3. The second-order valence-electron chi connectivity index (χ2n) is 6.33. The van der Waals surface area contributed by atoms with E-state index in [1.807, 2.05) is 31.3 Å². The molecular weight excluding hydrogens is 320 g/mol. The Bertz CT molecular complexity index is 673. The SMILES string of the molecule is COc1ccccc1-c1nnc(SCCC2CCCCN2C)n1C. The predicted octanol–water partition coefficient (Wildman–Crippen LogP) is 3.46. The molecule has 0 amide bonds. The highest BCUT2D eigenvalue weighted by molar-refractivity contribution is 7.99. The summed E-state index contributed by atoms with van der Waals surface area (Å²) >= 11 is 1.79. The normalized spacial score (nSPS) is 18.7. The third-order valence-corrected chi connectivity index (χ3v) is 5.84. The summed E-state index contributed by atoms with van der Waals surface area (Å²) in [6, 6.07) is 8.66. The van der Waals surface area contributed by atoms with Crippen LogP contribution in [0.15, 0.2) is 29.4 Å². The first-order valence-electron chi connectivity index (χ1n) is 8.56. The van der Waals surface area contributed by atoms with Crippen molar-refractivity contribution in [1.29, 1.82) is 0 Å². The zero-order valence-electron chi connectivity index (χ0n) is 14.7. The molecule has 24 heavy (non-hydrogen) atoms. The van der Waals surface area contributed by atoms with Crippen LogP contribution in [0, 0.1) is 0 Å². The maximum absolute atomic E-state index is 5.44. The predicted molar refractivity (Wildman–Crippen MR) is 98.6 cm³/mol. The summed E-state index contributed by atoms with van der Waals surface area (Å²) < 4.78 is 7.51. The molecule has 1 aliphatic rings. The van der Waals surface area contributed by atoms with Crippen molar-refractivity contribution in [2.24, 2.45) is 7.05 Å². The Hall–Kier alpha value is -1.53. The van der Waals surface area contributed by atoms with Crippen molar-refractivity contribution in [1.82, 2.24) is 19.7 Å². The number of hydrogen-bond donors (Lipinski definition) is 0. The number of rotatable bonds is 6. The molecule has 1 atom stereocenters. The van der Waals surface area contributed by atoms with E-state index in [2.05, 4.69) is 26.7 Å². The number of nitrogens with zero attached hydrogens (tertiary/aromatic N) is 4. The molecule has 2 aromatic rings. The van der Waals surface area contributed by atoms with E-state index < -0.39 is 0 Å². The molecule has 6 heteroatoms. The fourth-order valence-electron chi connectivity index (χ4n) is 3.30. The van der Waals surface area contributed by atoms with E-state index in [-0.39, 0.29) is 0 Å². The van der Waals surface area contributed by atoms with Crippen LogP contribution in [-0.4, -0.2) is 52.2 Å². The van der Waals surface area contributed by atoms with Crippen molar-refractivity contribution in [3.8, 4) is 17.1 Å². The molecule has 1 fully saturated rings. The van der Waals surface area contributed by atoms with Gasteiger partial charge >= 0.3 is 0 Å². The summed E-state index contributed by atoms with van der Waals surface area (Å²) in [4.78, 5) is 2.50. The molecule has 0 bridgehead atoms. The summed E-state index contributed by atoms with van der Waals surface area (Å²) in [5.41, 5.74) is 0.980. The molecule has 5 nitrogen and oxygen atoms in total. The number of ether oxygens (including phenoxy) is 1. The number of benzene rings is 1. The van der Waals surface area contributed by atoms with Crippen LogP contribution in [0.5, 0.6) is 5.75 Å². The van der Waals surface area contributed by atoms with E-state index in [0.29, 0.717) is 6.04 Å². The van der Waals surface area contributed by atoms with Gasteiger partial charge in [0.05, 0.1) is 12.7 Å². The lowest BCUT2D eigenvalue weighted by Gasteiger charge is -2.32. The minimum absolute atomic E-state index is 0.716. The number of thioether (sulfide) groups is 1. The Labute approximate surface area is 148 Å². The minimum atomic E-state index is 0.716. The highest BCUT2D eigenvalue weighted by atomic mass is 32.2. The summed E-state index contributed by atoms with van der Waals surface area (Å²) in [6.45, 7) is 1.23. The summed E-state index contributed by atoms with van der Waals surface area (Å²) in [6.07, 6.45) is 5.23. The van der Waals surface area contributed by atoms with Gasteiger partial charge in [0.25, 0.3) is 0 Å². The zero-order valence-corrected chi connectivity index (χ0v) is 15.6. The van der Waals surface area contributed by atoms with Crippen LogP contribution in [0.4, 0.5) is 0 Å². The van der Waals surface area contributed by atoms with Gasteiger partial charge in [-0.15, -0.1) is 10.2 Å². The average molecular weight is 347 g/mol. The largest absolute Gasteiger partial charge is 0.496 e. The molecule has 1 saturated heterocycles. The molecule has 1 aromatic carbocycles. The van der Waals surface area contributed by atoms with Crippen molar-refractivity contribution in [2.75, 3.05) is 26.5 Å². The maximum Gasteiger partial charge on any atom is 0.191 e. The number of methoxy groups -OCH3 is 1. The molecule has 0 radical (unpaired) electrons. The lowest BCUT2D eigenvalue weighted by atomic mass is 10.0. The average Bonchev–Trinajstić information content (AvgIpc) is 2.97. The Balaban J connectivity index is 1.65. The highest BCUT2D eigenvalue weighted by Crippen LogP contribution is 2.30. The fraction of sp³-hybridized carbons (Fsp3) is 0.556. The van der Waals surface area contributed by atoms with Crippen LogP contribution >= 0.6 is 11.8 Å². The van der Waals surface area contributed by atoms with Crippen LogP contribution in [0.1, 0.15) is 25.7 Å². The van der Waals surface area contributed by atoms with Gasteiger partial charge in [0, 0.05) is 18.8 Å². The maximum atomic E-state index is 5.44. The van der Waals surface area contributed by atoms with Gasteiger partial charge in [0.2, 0.25) is 0 Å². The first kappa shape index (κ1) is 17.3. The van der Waals surface area contributed by atoms with Gasteiger partial charge in [-0.2, -0.15) is 0 Å². The summed E-state index contributed by atoms with van der Waals surface area (Å²) in [5.74, 6) is 2.76. The van der Waals surface area contributed by atoms with Crippen molar-refractivity contribution in [2.45, 2.75) is 36.9 Å². The molecule has 1 unspecified atom stereocenters. The second kappa shape index (κ2) is 8.03. The van der Waals surface area contributed by atoms with Crippen LogP contribution < -0.4 is 4.74 Å². The van der Waals surface area contributed by atoms with E-state index in [4.69, 9.17) is 4.74 Å². The first-order valence-corrected chi connectivity index (χ1v) is 9.55. The summed E-state index contributed by atoms with van der Waals surface area (Å²) in [5, 5.41) is 9.72. The van der Waals surface area contributed by atoms with E-state index in [0.717, 1.165) is 28.0 Å². The van der Waals surface area contributed by atoms with Gasteiger partial charge < -0.3 is 14.2 Å². The van der Waals surface area contributed by atoms with E-state index >= 15 is 0 Å². The van der Waals surface area contributed by atoms with Crippen molar-refractivity contribution in [3.63, 3.8) is 0 Å². The van der Waals surface area contributed by atoms with Crippen LogP contribution in [0.3, 0.4) is 0 Å². The molecule has 130 valence electrons. The topological polar surface area (TPSA) is 43.2 Å². The van der Waals surface area contributed by atoms with Crippen molar-refractivity contribution >= 4 is 11.8 Å². The smallest absolute Gasteiger partial charge is 0.191 e. The lowest BCUT2D eigenvalue weighted by Crippen LogP contribution is -2.36. The zero-order chi connectivity index (χ0) is 16.9. The van der Waals surface area contributed by atoms with Gasteiger partial charge in [-0.1, -0.05) is 30.3 Å². The molecule has 1 aromatic heterocycles. The number of piperidine rings is 1. The van der Waals surface area contributed by atoms with Crippen LogP contribution in [0.2, 0.25) is 0 Å². The Morgan fingerprint density at radius 3 is 2.83 bits per heavy atom. The van der Waals surface area contributed by atoms with E-state index in [1.54, 1.807) is 18.9 Å². The van der Waals surface area contributed by atoms with Gasteiger partial charge in [-0.25, -0.2) is 0 Å². The number of hydrogen-bond acceptors (Lipinski definition) is 5. The molecule has 0 N–H and O–H groups in total. The number of para-hydroxylation sites is 1. The Kier molecular flexibility index (Phi) is 5.79. The first-order chi connectivity index (χ1) is 11.7. The molecule has 3 rings (SSSR count). The molecule has 2 heterocycles. The van der Waals surface area contributed by atoms with Gasteiger partial charge in [-0.05, 0) is 45.0 Å². The third kappa shape index (κ3) is 3.75. The second-order valence-corrected chi connectivity index (χ2v) is 7.39. The van der Waals surface area contributed by atoms with E-state index in [1.165, 1.54) is 32.2 Å². The third-order valence-electron chi connectivity index (χ3n) is 4.79. The van der Waals surface area contributed by atoms with Gasteiger partial charge in [0.1, 0.15) is 5.75 Å². The quantitative estimate of drug-likeness (QED) is 0.750. The van der Waals surface area contributed by atoms with E-state index in [9.17, 15) is 0 Å². The molecule has 0 saturated carbocycles. The lowest BCUT2D eigenvalue weighted by molar-refractivity contribution is 0.182. The molecular formula is C18H26N4OS. The molecule has 1 aliphatic heterocycles. The van der Waals surface area contributed by atoms with Gasteiger partial charge in [-0.3, -0.25) is 0 Å². The monoisotopic (exact) mass is 346 g/mol. The van der Waals surface area contributed by atoms with Crippen molar-refractivity contribution in [3.05, 3.63) is 24.3 Å². The summed E-state index contributed by atoms with van der Waals surface area (Å²) in [7, 11) is 5.96.